The van der Waals surface area contributed by atoms with E-state index in [0.29, 0.717) is 11.5 Å². The Hall–Kier alpha value is -0.900. The molecule has 1 aliphatic heterocycles. The molecule has 0 spiro atoms. The zero-order valence-electron chi connectivity index (χ0n) is 16.5. The molecular formula is C22H37N3. The maximum Gasteiger partial charge on any atom is 0.0234 e. The Bertz CT molecular complexity index is 505. The molecule has 1 saturated carbocycles. The number of hydrogen-bond donors (Lipinski definition) is 1. The minimum absolute atomic E-state index is 0.453. The largest absolute Gasteiger partial charge is 0.313 e. The summed E-state index contributed by atoms with van der Waals surface area (Å²) in [6, 6.07) is 11.6. The summed E-state index contributed by atoms with van der Waals surface area (Å²) >= 11 is 0. The van der Waals surface area contributed by atoms with Crippen LogP contribution in [0.5, 0.6) is 0 Å². The highest BCUT2D eigenvalue weighted by atomic mass is 15.3. The smallest absolute Gasteiger partial charge is 0.0234 e. The van der Waals surface area contributed by atoms with E-state index in [9.17, 15) is 0 Å². The monoisotopic (exact) mass is 343 g/mol. The molecule has 2 aliphatic rings. The normalized spacial score (nSPS) is 27.6. The third-order valence-electron chi connectivity index (χ3n) is 6.29. The number of benzene rings is 1. The molecule has 1 aromatic carbocycles. The first kappa shape index (κ1) is 18.9. The zero-order chi connectivity index (χ0) is 17.7. The van der Waals surface area contributed by atoms with E-state index in [2.05, 4.69) is 66.2 Å². The van der Waals surface area contributed by atoms with Crippen LogP contribution in [0.2, 0.25) is 0 Å². The predicted octanol–water partition coefficient (Wildman–Crippen LogP) is 3.61. The van der Waals surface area contributed by atoms with Crippen LogP contribution >= 0.6 is 0 Å². The topological polar surface area (TPSA) is 18.5 Å². The minimum Gasteiger partial charge on any atom is -0.313 e. The molecule has 0 amide bonds. The van der Waals surface area contributed by atoms with E-state index < -0.39 is 0 Å². The van der Waals surface area contributed by atoms with E-state index in [-0.39, 0.29) is 0 Å². The highest BCUT2D eigenvalue weighted by Gasteiger charge is 2.42. The molecule has 25 heavy (non-hydrogen) atoms. The lowest BCUT2D eigenvalue weighted by molar-refractivity contribution is 0.103. The highest BCUT2D eigenvalue weighted by Crippen LogP contribution is 2.41. The first-order valence-corrected chi connectivity index (χ1v) is 10.3. The lowest BCUT2D eigenvalue weighted by atomic mass is 9.84. The molecule has 0 aromatic heterocycles. The number of hydrogen-bond acceptors (Lipinski definition) is 3. The molecule has 1 heterocycles. The van der Waals surface area contributed by atoms with Gasteiger partial charge in [0.2, 0.25) is 0 Å². The Morgan fingerprint density at radius 3 is 2.40 bits per heavy atom. The van der Waals surface area contributed by atoms with Gasteiger partial charge in [0.1, 0.15) is 0 Å². The average Bonchev–Trinajstić information content (AvgIpc) is 2.89. The second-order valence-electron chi connectivity index (χ2n) is 8.78. The molecule has 2 fully saturated rings. The molecule has 2 unspecified atom stereocenters. The maximum absolute atomic E-state index is 3.87. The summed E-state index contributed by atoms with van der Waals surface area (Å²) in [6.07, 6.45) is 3.99. The summed E-state index contributed by atoms with van der Waals surface area (Å²) in [5.74, 6) is 0.822. The number of nitrogens with one attached hydrogen (secondary N) is 1. The van der Waals surface area contributed by atoms with Crippen LogP contribution in [0.15, 0.2) is 30.3 Å². The number of nitrogens with zero attached hydrogens (tertiary/aromatic N) is 2. The SMILES string of the molecule is CCCNC1C(CN2CCN(Cc3ccccc3)CC2)CCC1(C)C. The predicted molar refractivity (Wildman–Crippen MR) is 107 cm³/mol. The molecule has 1 aliphatic carbocycles. The summed E-state index contributed by atoms with van der Waals surface area (Å²) < 4.78 is 0. The summed E-state index contributed by atoms with van der Waals surface area (Å²) in [7, 11) is 0. The molecule has 3 nitrogen and oxygen atoms in total. The van der Waals surface area contributed by atoms with Gasteiger partial charge in [-0.1, -0.05) is 51.1 Å². The van der Waals surface area contributed by atoms with Gasteiger partial charge < -0.3 is 10.2 Å². The van der Waals surface area contributed by atoms with Crippen LogP contribution in [0.1, 0.15) is 45.6 Å². The van der Waals surface area contributed by atoms with Gasteiger partial charge in [0, 0.05) is 45.3 Å². The lowest BCUT2D eigenvalue weighted by Gasteiger charge is -2.38. The van der Waals surface area contributed by atoms with Crippen molar-refractivity contribution in [1.29, 1.82) is 0 Å². The highest BCUT2D eigenvalue weighted by molar-refractivity contribution is 5.14. The van der Waals surface area contributed by atoms with Gasteiger partial charge in [0.25, 0.3) is 0 Å². The third kappa shape index (κ3) is 5.06. The van der Waals surface area contributed by atoms with Gasteiger partial charge in [-0.3, -0.25) is 4.90 Å². The summed E-state index contributed by atoms with van der Waals surface area (Å²) in [4.78, 5) is 5.32. The van der Waals surface area contributed by atoms with Gasteiger partial charge in [0.05, 0.1) is 0 Å². The van der Waals surface area contributed by atoms with Crippen LogP contribution in [-0.4, -0.2) is 55.1 Å². The van der Waals surface area contributed by atoms with Crippen LogP contribution in [-0.2, 0) is 6.54 Å². The van der Waals surface area contributed by atoms with E-state index in [4.69, 9.17) is 0 Å². The summed E-state index contributed by atoms with van der Waals surface area (Å²) in [6.45, 7) is 15.6. The fourth-order valence-electron chi connectivity index (χ4n) is 4.76. The standard InChI is InChI=1S/C22H37N3/c1-4-12-23-21-20(10-11-22(21,2)3)18-25-15-13-24(14-16-25)17-19-8-6-5-7-9-19/h5-9,20-21,23H,4,10-18H2,1-3H3. The minimum atomic E-state index is 0.453. The maximum atomic E-state index is 3.87. The second kappa shape index (κ2) is 8.66. The Morgan fingerprint density at radius 1 is 1.04 bits per heavy atom. The van der Waals surface area contributed by atoms with Crippen LogP contribution in [0.25, 0.3) is 0 Å². The first-order chi connectivity index (χ1) is 12.1. The number of rotatable bonds is 7. The van der Waals surface area contributed by atoms with Crippen molar-refractivity contribution in [3.63, 3.8) is 0 Å². The molecule has 1 saturated heterocycles. The average molecular weight is 344 g/mol. The van der Waals surface area contributed by atoms with Crippen LogP contribution in [0.4, 0.5) is 0 Å². The molecule has 140 valence electrons. The molecule has 3 heteroatoms. The van der Waals surface area contributed by atoms with E-state index in [0.717, 1.165) is 19.0 Å². The molecule has 1 N–H and O–H groups in total. The Labute approximate surface area is 154 Å². The zero-order valence-corrected chi connectivity index (χ0v) is 16.5. The van der Waals surface area contributed by atoms with Gasteiger partial charge in [-0.05, 0) is 42.7 Å². The van der Waals surface area contributed by atoms with Crippen molar-refractivity contribution in [3.8, 4) is 0 Å². The van der Waals surface area contributed by atoms with Gasteiger partial charge in [-0.25, -0.2) is 0 Å². The fraction of sp³-hybridized carbons (Fsp3) is 0.727. The molecule has 0 radical (unpaired) electrons. The molecule has 1 aromatic rings. The van der Waals surface area contributed by atoms with Crippen LogP contribution in [0, 0.1) is 11.3 Å². The molecule has 3 rings (SSSR count). The Balaban J connectivity index is 1.46. The van der Waals surface area contributed by atoms with Crippen LogP contribution < -0.4 is 5.32 Å². The van der Waals surface area contributed by atoms with Crippen molar-refractivity contribution < 1.29 is 0 Å². The molecule has 0 bridgehead atoms. The van der Waals surface area contributed by atoms with Crippen molar-refractivity contribution >= 4 is 0 Å². The van der Waals surface area contributed by atoms with Crippen molar-refractivity contribution in [2.24, 2.45) is 11.3 Å². The van der Waals surface area contributed by atoms with Crippen molar-refractivity contribution in [2.75, 3.05) is 39.3 Å². The third-order valence-corrected chi connectivity index (χ3v) is 6.29. The van der Waals surface area contributed by atoms with Crippen molar-refractivity contribution in [2.45, 2.75) is 52.6 Å². The van der Waals surface area contributed by atoms with E-state index >= 15 is 0 Å². The fourth-order valence-corrected chi connectivity index (χ4v) is 4.76. The van der Waals surface area contributed by atoms with Crippen molar-refractivity contribution in [3.05, 3.63) is 35.9 Å². The Kier molecular flexibility index (Phi) is 6.54. The quantitative estimate of drug-likeness (QED) is 0.816. The number of piperazine rings is 1. The van der Waals surface area contributed by atoms with Gasteiger partial charge in [-0.15, -0.1) is 0 Å². The van der Waals surface area contributed by atoms with Gasteiger partial charge >= 0.3 is 0 Å². The lowest BCUT2D eigenvalue weighted by Crippen LogP contribution is -2.50. The molecule has 2 atom stereocenters. The van der Waals surface area contributed by atoms with Gasteiger partial charge in [0.15, 0.2) is 0 Å². The summed E-state index contributed by atoms with van der Waals surface area (Å²) in [5, 5.41) is 3.87. The van der Waals surface area contributed by atoms with Crippen molar-refractivity contribution in [1.82, 2.24) is 15.1 Å². The second-order valence-corrected chi connectivity index (χ2v) is 8.78. The van der Waals surface area contributed by atoms with Crippen LogP contribution in [0.3, 0.4) is 0 Å². The Morgan fingerprint density at radius 2 is 1.72 bits per heavy atom. The van der Waals surface area contributed by atoms with Gasteiger partial charge in [-0.2, -0.15) is 0 Å². The molecular weight excluding hydrogens is 306 g/mol. The van der Waals surface area contributed by atoms with E-state index in [1.165, 1.54) is 57.5 Å². The summed E-state index contributed by atoms with van der Waals surface area (Å²) in [5.41, 5.74) is 1.90. The first-order valence-electron chi connectivity index (χ1n) is 10.3. The van der Waals surface area contributed by atoms with E-state index in [1.807, 2.05) is 0 Å². The van der Waals surface area contributed by atoms with E-state index in [1.54, 1.807) is 0 Å².